The Morgan fingerprint density at radius 2 is 2.06 bits per heavy atom. The highest BCUT2D eigenvalue weighted by molar-refractivity contribution is 6.31. The fourth-order valence-electron chi connectivity index (χ4n) is 1.75. The van der Waals surface area contributed by atoms with E-state index in [0.717, 1.165) is 28.9 Å². The van der Waals surface area contributed by atoms with E-state index < -0.39 is 0 Å². The Morgan fingerprint density at radius 1 is 1.39 bits per heavy atom. The van der Waals surface area contributed by atoms with Crippen molar-refractivity contribution in [3.63, 3.8) is 0 Å². The van der Waals surface area contributed by atoms with Crippen molar-refractivity contribution < 1.29 is 14.3 Å². The third-order valence-electron chi connectivity index (χ3n) is 2.79. The molecule has 0 heterocycles. The Labute approximate surface area is 113 Å². The summed E-state index contributed by atoms with van der Waals surface area (Å²) in [6.07, 6.45) is 1.10. The van der Waals surface area contributed by atoms with Crippen LogP contribution in [0.5, 0.6) is 5.75 Å². The molecule has 0 saturated heterocycles. The summed E-state index contributed by atoms with van der Waals surface area (Å²) in [5.74, 6) is 0.463. The maximum Gasteiger partial charge on any atom is 0.310 e. The lowest BCUT2D eigenvalue weighted by Gasteiger charge is -2.16. The van der Waals surface area contributed by atoms with Gasteiger partial charge in [0.05, 0.1) is 20.1 Å². The van der Waals surface area contributed by atoms with Crippen LogP contribution < -0.4 is 4.74 Å². The maximum atomic E-state index is 11.5. The van der Waals surface area contributed by atoms with Gasteiger partial charge in [-0.3, -0.25) is 4.79 Å². The smallest absolute Gasteiger partial charge is 0.310 e. The van der Waals surface area contributed by atoms with E-state index in [4.69, 9.17) is 21.1 Å². The van der Waals surface area contributed by atoms with Crippen molar-refractivity contribution in [1.82, 2.24) is 0 Å². The summed E-state index contributed by atoms with van der Waals surface area (Å²) in [6, 6.07) is 1.86. The summed E-state index contributed by atoms with van der Waals surface area (Å²) in [5, 5.41) is 0.648. The second-order valence-corrected chi connectivity index (χ2v) is 4.62. The number of ether oxygens (including phenoxy) is 2. The van der Waals surface area contributed by atoms with Crippen LogP contribution in [0.4, 0.5) is 0 Å². The zero-order chi connectivity index (χ0) is 13.7. The van der Waals surface area contributed by atoms with E-state index in [1.807, 2.05) is 26.8 Å². The third kappa shape index (κ3) is 3.39. The molecule has 1 rings (SSSR count). The Balaban J connectivity index is 3.19. The van der Waals surface area contributed by atoms with Gasteiger partial charge in [-0.2, -0.15) is 0 Å². The number of halogens is 1. The fraction of sp³-hybridized carbons (Fsp3) is 0.500. The van der Waals surface area contributed by atoms with Crippen LogP contribution in [0.25, 0.3) is 0 Å². The molecule has 0 spiro atoms. The van der Waals surface area contributed by atoms with Crippen molar-refractivity contribution in [3.8, 4) is 5.75 Å². The van der Waals surface area contributed by atoms with E-state index in [1.54, 1.807) is 0 Å². The van der Waals surface area contributed by atoms with E-state index in [2.05, 4.69) is 0 Å². The van der Waals surface area contributed by atoms with Gasteiger partial charge in [-0.25, -0.2) is 0 Å². The lowest BCUT2D eigenvalue weighted by atomic mass is 10.0. The predicted molar refractivity (Wildman–Crippen MR) is 72.4 cm³/mol. The van der Waals surface area contributed by atoms with Gasteiger partial charge < -0.3 is 9.47 Å². The average molecular weight is 271 g/mol. The summed E-state index contributed by atoms with van der Waals surface area (Å²) < 4.78 is 10.4. The number of benzene rings is 1. The lowest BCUT2D eigenvalue weighted by Crippen LogP contribution is -2.10. The molecule has 0 radical (unpaired) electrons. The molecule has 4 heteroatoms. The maximum absolute atomic E-state index is 11.5. The van der Waals surface area contributed by atoms with Crippen LogP contribution in [-0.4, -0.2) is 19.7 Å². The van der Waals surface area contributed by atoms with E-state index in [1.165, 1.54) is 7.11 Å². The third-order valence-corrected chi connectivity index (χ3v) is 3.18. The topological polar surface area (TPSA) is 35.5 Å². The van der Waals surface area contributed by atoms with Crippen LogP contribution in [0.2, 0.25) is 5.02 Å². The van der Waals surface area contributed by atoms with Gasteiger partial charge in [-0.05, 0) is 37.5 Å². The number of hydrogen-bond acceptors (Lipinski definition) is 3. The van der Waals surface area contributed by atoms with Crippen molar-refractivity contribution in [1.29, 1.82) is 0 Å². The molecule has 0 amide bonds. The fourth-order valence-corrected chi connectivity index (χ4v) is 2.03. The van der Waals surface area contributed by atoms with Crippen molar-refractivity contribution in [2.24, 2.45) is 0 Å². The average Bonchev–Trinajstić information content (AvgIpc) is 2.34. The first-order valence-electron chi connectivity index (χ1n) is 5.99. The molecule has 0 saturated carbocycles. The van der Waals surface area contributed by atoms with Gasteiger partial charge in [0.2, 0.25) is 0 Å². The second-order valence-electron chi connectivity index (χ2n) is 4.21. The molecule has 0 fully saturated rings. The Hall–Kier alpha value is -1.22. The largest absolute Gasteiger partial charge is 0.493 e. The molecule has 0 aliphatic rings. The van der Waals surface area contributed by atoms with E-state index in [-0.39, 0.29) is 12.4 Å². The summed E-state index contributed by atoms with van der Waals surface area (Å²) in [4.78, 5) is 11.5. The van der Waals surface area contributed by atoms with Crippen LogP contribution in [-0.2, 0) is 16.0 Å². The minimum atomic E-state index is -0.291. The van der Waals surface area contributed by atoms with Gasteiger partial charge in [0.25, 0.3) is 0 Å². The van der Waals surface area contributed by atoms with Crippen LogP contribution >= 0.6 is 11.6 Å². The highest BCUT2D eigenvalue weighted by atomic mass is 35.5. The number of rotatable bonds is 5. The number of carbonyl (C=O) groups excluding carboxylic acids is 1. The number of aryl methyl sites for hydroxylation is 1. The molecule has 1 aromatic rings. The Kier molecular flexibility index (Phi) is 5.48. The minimum absolute atomic E-state index is 0.183. The number of esters is 1. The molecule has 0 unspecified atom stereocenters. The van der Waals surface area contributed by atoms with E-state index >= 15 is 0 Å². The molecule has 0 aliphatic heterocycles. The minimum Gasteiger partial charge on any atom is -0.493 e. The van der Waals surface area contributed by atoms with Crippen LogP contribution in [0, 0.1) is 13.8 Å². The molecule has 0 atom stereocenters. The molecule has 3 nitrogen and oxygen atoms in total. The van der Waals surface area contributed by atoms with Gasteiger partial charge in [-0.1, -0.05) is 18.5 Å². The first kappa shape index (κ1) is 14.8. The zero-order valence-electron chi connectivity index (χ0n) is 11.3. The van der Waals surface area contributed by atoms with Crippen molar-refractivity contribution in [2.45, 2.75) is 33.6 Å². The molecule has 0 bridgehead atoms. The standard InChI is InChI=1S/C14H19ClO3/c1-5-6-18-14-9(2)7-12(15)10(3)11(14)8-13(16)17-4/h7H,5-6,8H2,1-4H3. The highest BCUT2D eigenvalue weighted by Gasteiger charge is 2.17. The van der Waals surface area contributed by atoms with Gasteiger partial charge in [0.15, 0.2) is 0 Å². The lowest BCUT2D eigenvalue weighted by molar-refractivity contribution is -0.139. The predicted octanol–water partition coefficient (Wildman–Crippen LogP) is 3.46. The monoisotopic (exact) mass is 270 g/mol. The molecule has 0 aromatic heterocycles. The normalized spacial score (nSPS) is 10.3. The quantitative estimate of drug-likeness (QED) is 0.769. The second kappa shape index (κ2) is 6.64. The van der Waals surface area contributed by atoms with E-state index in [9.17, 15) is 4.79 Å². The molecule has 0 aliphatic carbocycles. The number of methoxy groups -OCH3 is 1. The Morgan fingerprint density at radius 3 is 2.61 bits per heavy atom. The summed E-state index contributed by atoms with van der Waals surface area (Å²) in [5.41, 5.74) is 2.64. The first-order chi connectivity index (χ1) is 8.51. The summed E-state index contributed by atoms with van der Waals surface area (Å²) >= 11 is 6.14. The van der Waals surface area contributed by atoms with Gasteiger partial charge >= 0.3 is 5.97 Å². The summed E-state index contributed by atoms with van der Waals surface area (Å²) in [7, 11) is 1.38. The number of carbonyl (C=O) groups is 1. The highest BCUT2D eigenvalue weighted by Crippen LogP contribution is 2.32. The molecule has 100 valence electrons. The summed E-state index contributed by atoms with van der Waals surface area (Å²) in [6.45, 7) is 6.48. The van der Waals surface area contributed by atoms with Crippen LogP contribution in [0.3, 0.4) is 0 Å². The number of hydrogen-bond donors (Lipinski definition) is 0. The van der Waals surface area contributed by atoms with Gasteiger partial charge in [0.1, 0.15) is 5.75 Å². The van der Waals surface area contributed by atoms with Crippen LogP contribution in [0.1, 0.15) is 30.0 Å². The zero-order valence-corrected chi connectivity index (χ0v) is 12.1. The van der Waals surface area contributed by atoms with Gasteiger partial charge in [0, 0.05) is 10.6 Å². The van der Waals surface area contributed by atoms with Crippen molar-refractivity contribution in [3.05, 3.63) is 27.8 Å². The van der Waals surface area contributed by atoms with Crippen LogP contribution in [0.15, 0.2) is 6.07 Å². The van der Waals surface area contributed by atoms with E-state index in [0.29, 0.717) is 11.6 Å². The molecular weight excluding hydrogens is 252 g/mol. The van der Waals surface area contributed by atoms with Crippen molar-refractivity contribution in [2.75, 3.05) is 13.7 Å². The van der Waals surface area contributed by atoms with Crippen molar-refractivity contribution >= 4 is 17.6 Å². The molecule has 1 aromatic carbocycles. The first-order valence-corrected chi connectivity index (χ1v) is 6.37. The van der Waals surface area contributed by atoms with Gasteiger partial charge in [-0.15, -0.1) is 0 Å². The SMILES string of the molecule is CCCOc1c(C)cc(Cl)c(C)c1CC(=O)OC. The molecule has 18 heavy (non-hydrogen) atoms. The molecular formula is C14H19ClO3. The molecule has 0 N–H and O–H groups in total. The Bertz CT molecular complexity index is 441.